The van der Waals surface area contributed by atoms with E-state index in [9.17, 15) is 9.50 Å². The van der Waals surface area contributed by atoms with Gasteiger partial charge in [0.15, 0.2) is 0 Å². The Kier molecular flexibility index (Phi) is 1.46. The second-order valence-electron chi connectivity index (χ2n) is 4.30. The van der Waals surface area contributed by atoms with Gasteiger partial charge in [0.05, 0.1) is 0 Å². The van der Waals surface area contributed by atoms with Crippen molar-refractivity contribution in [1.29, 1.82) is 0 Å². The molecule has 1 spiro atoms. The van der Waals surface area contributed by atoms with Crippen LogP contribution >= 0.6 is 0 Å². The van der Waals surface area contributed by atoms with Gasteiger partial charge in [-0.05, 0) is 25.0 Å². The van der Waals surface area contributed by atoms with Crippen molar-refractivity contribution in [3.05, 3.63) is 29.1 Å². The Labute approximate surface area is 81.8 Å². The number of rotatable bonds is 0. The summed E-state index contributed by atoms with van der Waals surface area (Å²) in [6.07, 6.45) is 2.07. The summed E-state index contributed by atoms with van der Waals surface area (Å²) < 4.78 is 13.6. The van der Waals surface area contributed by atoms with E-state index in [1.807, 2.05) is 0 Å². The molecule has 0 saturated heterocycles. The molecule has 1 aromatic rings. The molecule has 0 bridgehead atoms. The van der Waals surface area contributed by atoms with Crippen LogP contribution < -0.4 is 5.32 Å². The molecule has 0 radical (unpaired) electrons. The summed E-state index contributed by atoms with van der Waals surface area (Å²) in [6, 6.07) is 2.82. The molecule has 1 aromatic carbocycles. The van der Waals surface area contributed by atoms with E-state index in [0.717, 1.165) is 30.5 Å². The second-order valence-corrected chi connectivity index (χ2v) is 4.30. The minimum absolute atomic E-state index is 0.00356. The molecule has 0 amide bonds. The third kappa shape index (κ3) is 0.932. The highest BCUT2D eigenvalue weighted by Crippen LogP contribution is 2.52. The average Bonchev–Trinajstić information content (AvgIpc) is 2.92. The minimum Gasteiger partial charge on any atom is -0.508 e. The van der Waals surface area contributed by atoms with Crippen molar-refractivity contribution < 1.29 is 9.50 Å². The van der Waals surface area contributed by atoms with Crippen molar-refractivity contribution >= 4 is 0 Å². The lowest BCUT2D eigenvalue weighted by Crippen LogP contribution is -2.34. The largest absolute Gasteiger partial charge is 0.508 e. The lowest BCUT2D eigenvalue weighted by molar-refractivity contribution is 0.434. The molecular weight excluding hydrogens is 181 g/mol. The molecule has 2 N–H and O–H groups in total. The Bertz CT molecular complexity index is 399. The normalized spacial score (nSPS) is 22.1. The quantitative estimate of drug-likeness (QED) is 0.656. The number of phenols is 1. The molecule has 74 valence electrons. The highest BCUT2D eigenvalue weighted by atomic mass is 19.1. The van der Waals surface area contributed by atoms with E-state index in [1.165, 1.54) is 12.1 Å². The van der Waals surface area contributed by atoms with Crippen LogP contribution in [0.1, 0.15) is 24.0 Å². The summed E-state index contributed by atoms with van der Waals surface area (Å²) in [7, 11) is 0. The van der Waals surface area contributed by atoms with Crippen molar-refractivity contribution in [3.8, 4) is 5.75 Å². The van der Waals surface area contributed by atoms with E-state index in [2.05, 4.69) is 5.32 Å². The van der Waals surface area contributed by atoms with Crippen molar-refractivity contribution in [2.24, 2.45) is 0 Å². The number of nitrogens with one attached hydrogen (secondary N) is 1. The number of benzene rings is 1. The third-order valence-corrected chi connectivity index (χ3v) is 3.39. The topological polar surface area (TPSA) is 32.3 Å². The number of phenolic OH excluding ortho intramolecular Hbond substituents is 1. The second kappa shape index (κ2) is 2.48. The zero-order chi connectivity index (χ0) is 9.76. The van der Waals surface area contributed by atoms with Crippen LogP contribution in [-0.4, -0.2) is 11.7 Å². The predicted molar refractivity (Wildman–Crippen MR) is 50.7 cm³/mol. The Morgan fingerprint density at radius 2 is 2.14 bits per heavy atom. The van der Waals surface area contributed by atoms with Gasteiger partial charge in [0.1, 0.15) is 11.6 Å². The molecule has 1 heterocycles. The van der Waals surface area contributed by atoms with Crippen LogP contribution in [0.4, 0.5) is 4.39 Å². The Morgan fingerprint density at radius 1 is 1.36 bits per heavy atom. The monoisotopic (exact) mass is 193 g/mol. The third-order valence-electron chi connectivity index (χ3n) is 3.39. The van der Waals surface area contributed by atoms with E-state index in [-0.39, 0.29) is 17.0 Å². The first-order chi connectivity index (χ1) is 6.73. The molecule has 3 rings (SSSR count). The number of halogens is 1. The van der Waals surface area contributed by atoms with Gasteiger partial charge in [0, 0.05) is 29.6 Å². The number of hydrogen-bond donors (Lipinski definition) is 2. The van der Waals surface area contributed by atoms with Gasteiger partial charge in [-0.2, -0.15) is 0 Å². The molecule has 0 aromatic heterocycles. The number of aromatic hydroxyl groups is 1. The van der Waals surface area contributed by atoms with Crippen LogP contribution in [0, 0.1) is 5.82 Å². The van der Waals surface area contributed by atoms with Crippen molar-refractivity contribution in [3.63, 3.8) is 0 Å². The fourth-order valence-electron chi connectivity index (χ4n) is 2.45. The fourth-order valence-corrected chi connectivity index (χ4v) is 2.45. The summed E-state index contributed by atoms with van der Waals surface area (Å²) in [5.41, 5.74) is 1.51. The van der Waals surface area contributed by atoms with Gasteiger partial charge in [0.2, 0.25) is 0 Å². The molecule has 3 heteroatoms. The molecule has 1 aliphatic carbocycles. The summed E-state index contributed by atoms with van der Waals surface area (Å²) in [6.45, 7) is 1.43. The molecule has 1 aliphatic heterocycles. The van der Waals surface area contributed by atoms with Crippen molar-refractivity contribution in [2.75, 3.05) is 6.54 Å². The molecule has 0 atom stereocenters. The van der Waals surface area contributed by atoms with Gasteiger partial charge in [0.25, 0.3) is 0 Å². The standard InChI is InChI=1S/C11H12FNO/c12-8-1-2-9(14)7-5-13-6-11(3-4-11)10(7)8/h1-2,13-14H,3-6H2. The van der Waals surface area contributed by atoms with E-state index in [0.29, 0.717) is 6.54 Å². The van der Waals surface area contributed by atoms with Gasteiger partial charge >= 0.3 is 0 Å². The number of hydrogen-bond acceptors (Lipinski definition) is 2. The lowest BCUT2D eigenvalue weighted by atomic mass is 9.87. The average molecular weight is 193 g/mol. The Balaban J connectivity index is 2.25. The maximum Gasteiger partial charge on any atom is 0.127 e. The molecule has 2 aliphatic rings. The van der Waals surface area contributed by atoms with Crippen molar-refractivity contribution in [2.45, 2.75) is 24.8 Å². The van der Waals surface area contributed by atoms with Crippen LogP contribution in [-0.2, 0) is 12.0 Å². The van der Waals surface area contributed by atoms with Crippen LogP contribution in [0.25, 0.3) is 0 Å². The van der Waals surface area contributed by atoms with Crippen molar-refractivity contribution in [1.82, 2.24) is 5.32 Å². The van der Waals surface area contributed by atoms with Gasteiger partial charge < -0.3 is 10.4 Å². The van der Waals surface area contributed by atoms with E-state index >= 15 is 0 Å². The first kappa shape index (κ1) is 8.24. The molecule has 1 fully saturated rings. The molecule has 0 unspecified atom stereocenters. The molecule has 14 heavy (non-hydrogen) atoms. The van der Waals surface area contributed by atoms with E-state index in [4.69, 9.17) is 0 Å². The van der Waals surface area contributed by atoms with Gasteiger partial charge in [-0.15, -0.1) is 0 Å². The maximum atomic E-state index is 13.6. The van der Waals surface area contributed by atoms with Crippen LogP contribution in [0.5, 0.6) is 5.75 Å². The highest BCUT2D eigenvalue weighted by molar-refractivity contribution is 5.48. The summed E-state index contributed by atoms with van der Waals surface area (Å²) in [4.78, 5) is 0. The number of fused-ring (bicyclic) bond motifs is 2. The van der Waals surface area contributed by atoms with Crippen LogP contribution in [0.15, 0.2) is 12.1 Å². The maximum absolute atomic E-state index is 13.6. The zero-order valence-electron chi connectivity index (χ0n) is 7.81. The summed E-state index contributed by atoms with van der Waals surface area (Å²) in [5, 5.41) is 12.9. The smallest absolute Gasteiger partial charge is 0.127 e. The molecule has 1 saturated carbocycles. The van der Waals surface area contributed by atoms with E-state index in [1.54, 1.807) is 0 Å². The zero-order valence-corrected chi connectivity index (χ0v) is 7.81. The van der Waals surface area contributed by atoms with Crippen LogP contribution in [0.3, 0.4) is 0 Å². The predicted octanol–water partition coefficient (Wildman–Crippen LogP) is 1.67. The highest BCUT2D eigenvalue weighted by Gasteiger charge is 2.49. The fraction of sp³-hybridized carbons (Fsp3) is 0.455. The Hall–Kier alpha value is -1.09. The summed E-state index contributed by atoms with van der Waals surface area (Å²) >= 11 is 0. The first-order valence-electron chi connectivity index (χ1n) is 4.94. The first-order valence-corrected chi connectivity index (χ1v) is 4.94. The summed E-state index contributed by atoms with van der Waals surface area (Å²) in [5.74, 6) is 0.0664. The van der Waals surface area contributed by atoms with Crippen LogP contribution in [0.2, 0.25) is 0 Å². The lowest BCUT2D eigenvalue weighted by Gasteiger charge is -2.27. The SMILES string of the molecule is Oc1ccc(F)c2c1CNCC21CC1. The Morgan fingerprint density at radius 3 is 2.86 bits per heavy atom. The van der Waals surface area contributed by atoms with E-state index < -0.39 is 0 Å². The molecular formula is C11H12FNO. The van der Waals surface area contributed by atoms with Gasteiger partial charge in [-0.1, -0.05) is 0 Å². The minimum atomic E-state index is -0.156. The molecule has 2 nitrogen and oxygen atoms in total. The van der Waals surface area contributed by atoms with Gasteiger partial charge in [-0.25, -0.2) is 4.39 Å². The van der Waals surface area contributed by atoms with Gasteiger partial charge in [-0.3, -0.25) is 0 Å².